The van der Waals surface area contributed by atoms with E-state index >= 15 is 0 Å². The van der Waals surface area contributed by atoms with Crippen molar-refractivity contribution in [3.8, 4) is 11.5 Å². The number of aliphatic carboxylic acids is 1. The Balaban J connectivity index is 1.67. The normalized spacial score (nSPS) is 20.6. The van der Waals surface area contributed by atoms with Gasteiger partial charge in [0.1, 0.15) is 0 Å². The van der Waals surface area contributed by atoms with Crippen molar-refractivity contribution in [2.45, 2.75) is 78.3 Å². The summed E-state index contributed by atoms with van der Waals surface area (Å²) in [5.41, 5.74) is 8.55. The van der Waals surface area contributed by atoms with E-state index in [1.54, 1.807) is 0 Å². The van der Waals surface area contributed by atoms with Gasteiger partial charge in [0.15, 0.2) is 11.5 Å². The van der Waals surface area contributed by atoms with Crippen LogP contribution in [0.25, 0.3) is 0 Å². The van der Waals surface area contributed by atoms with Gasteiger partial charge in [-0.2, -0.15) is 0 Å². The number of anilines is 1. The van der Waals surface area contributed by atoms with Gasteiger partial charge >= 0.3 is 5.97 Å². The van der Waals surface area contributed by atoms with Crippen LogP contribution < -0.4 is 20.1 Å². The summed E-state index contributed by atoms with van der Waals surface area (Å²) in [7, 11) is 0. The summed E-state index contributed by atoms with van der Waals surface area (Å²) >= 11 is 0. The van der Waals surface area contributed by atoms with Gasteiger partial charge in [0.25, 0.3) is 0 Å². The van der Waals surface area contributed by atoms with Crippen molar-refractivity contribution in [2.24, 2.45) is 17.1 Å². The lowest BCUT2D eigenvalue weighted by Crippen LogP contribution is -2.46. The van der Waals surface area contributed by atoms with Gasteiger partial charge in [-0.15, -0.1) is 0 Å². The molecule has 0 bridgehead atoms. The Hall–Kier alpha value is -3.10. The molecule has 218 valence electrons. The van der Waals surface area contributed by atoms with E-state index in [2.05, 4.69) is 32.6 Å². The molecule has 4 rings (SSSR count). The van der Waals surface area contributed by atoms with Crippen LogP contribution in [0, 0.1) is 11.3 Å². The van der Waals surface area contributed by atoms with Crippen LogP contribution in [-0.4, -0.2) is 54.4 Å². The lowest BCUT2D eigenvalue weighted by atomic mass is 9.76. The monoisotopic (exact) mass is 551 g/mol. The predicted molar refractivity (Wildman–Crippen MR) is 157 cm³/mol. The van der Waals surface area contributed by atoms with Crippen LogP contribution in [0.15, 0.2) is 42.5 Å². The maximum atomic E-state index is 14.0. The second kappa shape index (κ2) is 13.0. The smallest absolute Gasteiger partial charge is 0.308 e. The summed E-state index contributed by atoms with van der Waals surface area (Å²) in [5.74, 6) is -0.442. The molecule has 2 aliphatic heterocycles. The highest BCUT2D eigenvalue weighted by Crippen LogP contribution is 2.45. The van der Waals surface area contributed by atoms with E-state index in [4.69, 9.17) is 15.2 Å². The number of hydrogen-bond donors (Lipinski definition) is 2. The Labute approximate surface area is 238 Å². The summed E-state index contributed by atoms with van der Waals surface area (Å²) in [6.45, 7) is 10.5. The van der Waals surface area contributed by atoms with E-state index < -0.39 is 11.9 Å². The van der Waals surface area contributed by atoms with Gasteiger partial charge in [0.05, 0.1) is 12.5 Å². The average molecular weight is 552 g/mol. The number of nitrogens with zero attached hydrogens (tertiary/aromatic N) is 2. The molecule has 0 saturated carbocycles. The summed E-state index contributed by atoms with van der Waals surface area (Å²) in [4.78, 5) is 30.8. The molecular weight excluding hydrogens is 506 g/mol. The fourth-order valence-corrected chi connectivity index (χ4v) is 6.40. The van der Waals surface area contributed by atoms with Crippen molar-refractivity contribution < 1.29 is 24.2 Å². The molecule has 3 atom stereocenters. The number of hydrogen-bond acceptors (Lipinski definition) is 6. The van der Waals surface area contributed by atoms with Gasteiger partial charge in [0, 0.05) is 37.3 Å². The zero-order chi connectivity index (χ0) is 28.9. The molecular formula is C32H45N3O5. The van der Waals surface area contributed by atoms with E-state index in [9.17, 15) is 14.7 Å². The molecule has 2 aromatic carbocycles. The highest BCUT2D eigenvalue weighted by molar-refractivity contribution is 5.95. The third-order valence-electron chi connectivity index (χ3n) is 8.38. The molecule has 8 nitrogen and oxygen atoms in total. The molecule has 2 heterocycles. The molecule has 0 radical (unpaired) electrons. The van der Waals surface area contributed by atoms with Gasteiger partial charge in [-0.3, -0.25) is 14.5 Å². The number of carbonyl (C=O) groups excluding carboxylic acids is 1. The first kappa shape index (κ1) is 29.9. The molecule has 1 amide bonds. The maximum Gasteiger partial charge on any atom is 0.308 e. The van der Waals surface area contributed by atoms with Crippen molar-refractivity contribution in [2.75, 3.05) is 31.3 Å². The number of carboxylic acids is 1. The van der Waals surface area contributed by atoms with E-state index in [-0.39, 0.29) is 36.6 Å². The Morgan fingerprint density at radius 2 is 1.88 bits per heavy atom. The molecule has 40 heavy (non-hydrogen) atoms. The molecule has 2 aromatic rings. The van der Waals surface area contributed by atoms with Crippen LogP contribution in [0.4, 0.5) is 5.69 Å². The number of carboxylic acid groups (broad SMARTS) is 1. The number of nitrogens with two attached hydrogens (primary N) is 1. The summed E-state index contributed by atoms with van der Waals surface area (Å²) < 4.78 is 11.1. The Kier molecular flexibility index (Phi) is 9.74. The van der Waals surface area contributed by atoms with Crippen molar-refractivity contribution in [1.82, 2.24) is 4.90 Å². The standard InChI is InChI=1S/C32H45N3O5/c1-5-7-14-35(24-10-8-9-22(15-24)18-33)29(36)20-34-19-25(23-11-12-27-28(16-23)40-21-39-27)30(31(37)38)26(34)17-32(3,4)13-6-2/h8-12,15-16,25-26,30H,5-7,13-14,17-21,33H2,1-4H3,(H,37,38)/t25-,26+,30-/m1/s1. The van der Waals surface area contributed by atoms with Crippen molar-refractivity contribution in [3.63, 3.8) is 0 Å². The van der Waals surface area contributed by atoms with Gasteiger partial charge in [0.2, 0.25) is 12.7 Å². The Morgan fingerprint density at radius 1 is 1.10 bits per heavy atom. The van der Waals surface area contributed by atoms with Crippen LogP contribution in [0.5, 0.6) is 11.5 Å². The van der Waals surface area contributed by atoms with Gasteiger partial charge in [-0.1, -0.05) is 58.7 Å². The largest absolute Gasteiger partial charge is 0.481 e. The molecule has 3 N–H and O–H groups in total. The van der Waals surface area contributed by atoms with E-state index in [0.29, 0.717) is 37.6 Å². The van der Waals surface area contributed by atoms with Gasteiger partial charge in [-0.05, 0) is 60.1 Å². The van der Waals surface area contributed by atoms with Gasteiger partial charge < -0.3 is 25.2 Å². The van der Waals surface area contributed by atoms with Crippen LogP contribution in [0.1, 0.15) is 76.8 Å². The highest BCUT2D eigenvalue weighted by atomic mass is 16.7. The molecule has 0 unspecified atom stereocenters. The lowest BCUT2D eigenvalue weighted by Gasteiger charge is -2.35. The van der Waals surface area contributed by atoms with E-state index in [1.165, 1.54) is 0 Å². The van der Waals surface area contributed by atoms with Crippen LogP contribution >= 0.6 is 0 Å². The zero-order valence-corrected chi connectivity index (χ0v) is 24.4. The summed E-state index contributed by atoms with van der Waals surface area (Å²) in [6, 6.07) is 13.3. The second-order valence-electron chi connectivity index (χ2n) is 12.0. The highest BCUT2D eigenvalue weighted by Gasteiger charge is 2.49. The molecule has 0 aliphatic carbocycles. The van der Waals surface area contributed by atoms with Gasteiger partial charge in [-0.25, -0.2) is 0 Å². The third-order valence-corrected chi connectivity index (χ3v) is 8.38. The number of unbranched alkanes of at least 4 members (excludes halogenated alkanes) is 1. The topological polar surface area (TPSA) is 105 Å². The SMILES string of the molecule is CCCCN(C(=O)CN1C[C@H](c2ccc3c(c2)OCO3)[C@@H](C(=O)O)[C@@H]1CC(C)(C)CCC)c1cccc(CN)c1. The molecule has 1 saturated heterocycles. The predicted octanol–water partition coefficient (Wildman–Crippen LogP) is 5.39. The van der Waals surface area contributed by atoms with Crippen molar-refractivity contribution in [3.05, 3.63) is 53.6 Å². The maximum absolute atomic E-state index is 14.0. The van der Waals surface area contributed by atoms with Crippen LogP contribution in [0.3, 0.4) is 0 Å². The number of amides is 1. The minimum atomic E-state index is -0.826. The quantitative estimate of drug-likeness (QED) is 0.344. The number of ether oxygens (including phenoxy) is 2. The number of rotatable bonds is 13. The molecule has 0 aromatic heterocycles. The first-order chi connectivity index (χ1) is 19.2. The molecule has 1 fully saturated rings. The number of benzene rings is 2. The van der Waals surface area contributed by atoms with Crippen LogP contribution in [-0.2, 0) is 16.1 Å². The number of likely N-dealkylation sites (tertiary alicyclic amines) is 1. The van der Waals surface area contributed by atoms with E-state index in [1.807, 2.05) is 47.4 Å². The summed E-state index contributed by atoms with van der Waals surface area (Å²) in [6.07, 6.45) is 4.54. The van der Waals surface area contributed by atoms with Crippen molar-refractivity contribution >= 4 is 17.6 Å². The fourth-order valence-electron chi connectivity index (χ4n) is 6.40. The van der Waals surface area contributed by atoms with Crippen LogP contribution in [0.2, 0.25) is 0 Å². The minimum absolute atomic E-state index is 0.0172. The fraction of sp³-hybridized carbons (Fsp3) is 0.562. The average Bonchev–Trinajstić information content (AvgIpc) is 3.53. The Bertz CT molecular complexity index is 1180. The van der Waals surface area contributed by atoms with E-state index in [0.717, 1.165) is 42.5 Å². The lowest BCUT2D eigenvalue weighted by molar-refractivity contribution is -0.143. The molecule has 0 spiro atoms. The molecule has 8 heteroatoms. The zero-order valence-electron chi connectivity index (χ0n) is 24.4. The summed E-state index contributed by atoms with van der Waals surface area (Å²) in [5, 5.41) is 10.6. The third kappa shape index (κ3) is 6.78. The first-order valence-corrected chi connectivity index (χ1v) is 14.6. The minimum Gasteiger partial charge on any atom is -0.481 e. The molecule has 2 aliphatic rings. The first-order valence-electron chi connectivity index (χ1n) is 14.6. The number of fused-ring (bicyclic) bond motifs is 1. The Morgan fingerprint density at radius 3 is 2.58 bits per heavy atom. The number of carbonyl (C=O) groups is 2. The van der Waals surface area contributed by atoms with Crippen molar-refractivity contribution in [1.29, 1.82) is 0 Å². The second-order valence-corrected chi connectivity index (χ2v) is 12.0.